The zero-order chi connectivity index (χ0) is 15.2. The molecule has 1 aromatic heterocycles. The van der Waals surface area contributed by atoms with E-state index in [9.17, 15) is 4.79 Å². The van der Waals surface area contributed by atoms with Gasteiger partial charge in [-0.1, -0.05) is 0 Å². The van der Waals surface area contributed by atoms with Gasteiger partial charge >= 0.3 is 0 Å². The van der Waals surface area contributed by atoms with E-state index >= 15 is 0 Å². The molecule has 0 aliphatic rings. The molecule has 3 N–H and O–H groups in total. The molecule has 2 rings (SSSR count). The van der Waals surface area contributed by atoms with Crippen molar-refractivity contribution in [1.82, 2.24) is 4.98 Å². The van der Waals surface area contributed by atoms with Crippen molar-refractivity contribution >= 4 is 11.6 Å². The Balaban J connectivity index is 2.24. The topological polar surface area (TPSA) is 116 Å². The minimum Gasteiger partial charge on any atom is -0.325 e. The van der Waals surface area contributed by atoms with Gasteiger partial charge in [0.1, 0.15) is 12.1 Å². The first-order valence-electron chi connectivity index (χ1n) is 6.08. The van der Waals surface area contributed by atoms with Gasteiger partial charge in [0, 0.05) is 24.0 Å². The SMILES string of the molecule is N#Cc1ccc(NC(=O)c2ccnc(CN)c2)cc1C#N. The number of carbonyl (C=O) groups is 1. The normalized spacial score (nSPS) is 9.48. The minimum absolute atomic E-state index is 0.215. The second-order valence-corrected chi connectivity index (χ2v) is 4.18. The fraction of sp³-hybridized carbons (Fsp3) is 0.0667. The highest BCUT2D eigenvalue weighted by molar-refractivity contribution is 6.04. The molecule has 0 fully saturated rings. The third-order valence-electron chi connectivity index (χ3n) is 2.81. The van der Waals surface area contributed by atoms with E-state index in [1.165, 1.54) is 18.3 Å². The first-order valence-corrected chi connectivity index (χ1v) is 6.08. The molecule has 0 spiro atoms. The molecule has 21 heavy (non-hydrogen) atoms. The Morgan fingerprint density at radius 1 is 1.19 bits per heavy atom. The van der Waals surface area contributed by atoms with Gasteiger partial charge in [0.2, 0.25) is 0 Å². The van der Waals surface area contributed by atoms with Gasteiger partial charge in [0.05, 0.1) is 16.8 Å². The lowest BCUT2D eigenvalue weighted by atomic mass is 10.1. The number of hydrogen-bond donors (Lipinski definition) is 2. The number of nitrogens with two attached hydrogens (primary N) is 1. The van der Waals surface area contributed by atoms with E-state index in [1.54, 1.807) is 18.2 Å². The van der Waals surface area contributed by atoms with E-state index in [1.807, 2.05) is 12.1 Å². The Bertz CT molecular complexity index is 770. The molecule has 0 bridgehead atoms. The van der Waals surface area contributed by atoms with Gasteiger partial charge in [-0.05, 0) is 30.3 Å². The molecule has 0 radical (unpaired) electrons. The van der Waals surface area contributed by atoms with Crippen molar-refractivity contribution in [3.8, 4) is 12.1 Å². The molecular formula is C15H11N5O. The quantitative estimate of drug-likeness (QED) is 0.882. The van der Waals surface area contributed by atoms with Gasteiger partial charge in [-0.25, -0.2) is 0 Å². The monoisotopic (exact) mass is 277 g/mol. The van der Waals surface area contributed by atoms with E-state index in [0.29, 0.717) is 16.9 Å². The molecule has 102 valence electrons. The van der Waals surface area contributed by atoms with Crippen molar-refractivity contribution in [1.29, 1.82) is 10.5 Å². The predicted octanol–water partition coefficient (Wildman–Crippen LogP) is 1.54. The Morgan fingerprint density at radius 2 is 1.95 bits per heavy atom. The highest BCUT2D eigenvalue weighted by Crippen LogP contribution is 2.15. The lowest BCUT2D eigenvalue weighted by Crippen LogP contribution is -2.13. The van der Waals surface area contributed by atoms with Crippen LogP contribution in [-0.4, -0.2) is 10.9 Å². The number of aromatic nitrogens is 1. The molecule has 0 aliphatic carbocycles. The number of amides is 1. The van der Waals surface area contributed by atoms with Gasteiger partial charge in [0.15, 0.2) is 0 Å². The predicted molar refractivity (Wildman–Crippen MR) is 76.0 cm³/mol. The molecule has 0 saturated heterocycles. The van der Waals surface area contributed by atoms with Crippen molar-refractivity contribution < 1.29 is 4.79 Å². The first kappa shape index (κ1) is 14.2. The second-order valence-electron chi connectivity index (χ2n) is 4.18. The molecule has 1 heterocycles. The van der Waals surface area contributed by atoms with Crippen LogP contribution in [0.3, 0.4) is 0 Å². The van der Waals surface area contributed by atoms with Gasteiger partial charge in [-0.15, -0.1) is 0 Å². The van der Waals surface area contributed by atoms with Crippen molar-refractivity contribution in [2.24, 2.45) is 5.73 Å². The van der Waals surface area contributed by atoms with E-state index < -0.39 is 0 Å². The van der Waals surface area contributed by atoms with Crippen LogP contribution in [0.2, 0.25) is 0 Å². The van der Waals surface area contributed by atoms with Gasteiger partial charge in [-0.3, -0.25) is 9.78 Å². The molecule has 1 aromatic carbocycles. The lowest BCUT2D eigenvalue weighted by Gasteiger charge is -2.07. The van der Waals surface area contributed by atoms with Gasteiger partial charge in [-0.2, -0.15) is 10.5 Å². The standard InChI is InChI=1S/C15H11N5O/c16-7-11-1-2-13(6-12(11)8-17)20-15(21)10-3-4-19-14(5-10)9-18/h1-6H,9,18H2,(H,20,21). The van der Waals surface area contributed by atoms with Crippen LogP contribution in [0.1, 0.15) is 27.2 Å². The van der Waals surface area contributed by atoms with Crippen LogP contribution in [0.5, 0.6) is 0 Å². The molecule has 0 unspecified atom stereocenters. The number of nitrogens with zero attached hydrogens (tertiary/aromatic N) is 3. The van der Waals surface area contributed by atoms with Crippen LogP contribution in [0.15, 0.2) is 36.5 Å². The number of benzene rings is 1. The summed E-state index contributed by atoms with van der Waals surface area (Å²) in [5.41, 5.74) is 7.45. The van der Waals surface area contributed by atoms with E-state index in [-0.39, 0.29) is 23.6 Å². The highest BCUT2D eigenvalue weighted by atomic mass is 16.1. The largest absolute Gasteiger partial charge is 0.325 e. The summed E-state index contributed by atoms with van der Waals surface area (Å²) in [7, 11) is 0. The summed E-state index contributed by atoms with van der Waals surface area (Å²) < 4.78 is 0. The summed E-state index contributed by atoms with van der Waals surface area (Å²) in [4.78, 5) is 16.1. The molecular weight excluding hydrogens is 266 g/mol. The fourth-order valence-electron chi connectivity index (χ4n) is 1.75. The number of rotatable bonds is 3. The van der Waals surface area contributed by atoms with Crippen LogP contribution in [0.25, 0.3) is 0 Å². The van der Waals surface area contributed by atoms with Crippen molar-refractivity contribution in [3.05, 3.63) is 58.9 Å². The molecule has 6 heteroatoms. The van der Waals surface area contributed by atoms with Crippen LogP contribution < -0.4 is 11.1 Å². The average molecular weight is 277 g/mol. The van der Waals surface area contributed by atoms with Gasteiger partial charge < -0.3 is 11.1 Å². The number of nitrogens with one attached hydrogen (secondary N) is 1. The number of anilines is 1. The van der Waals surface area contributed by atoms with Crippen LogP contribution in [-0.2, 0) is 6.54 Å². The molecule has 0 aliphatic heterocycles. The van der Waals surface area contributed by atoms with Crippen LogP contribution in [0.4, 0.5) is 5.69 Å². The maximum atomic E-state index is 12.1. The summed E-state index contributed by atoms with van der Waals surface area (Å²) in [6.45, 7) is 0.247. The minimum atomic E-state index is -0.333. The Hall–Kier alpha value is -3.22. The molecule has 1 amide bonds. The summed E-state index contributed by atoms with van der Waals surface area (Å²) >= 11 is 0. The van der Waals surface area contributed by atoms with Crippen molar-refractivity contribution in [2.45, 2.75) is 6.54 Å². The average Bonchev–Trinajstić information content (AvgIpc) is 2.54. The summed E-state index contributed by atoms with van der Waals surface area (Å²) in [6.07, 6.45) is 1.51. The number of hydrogen-bond acceptors (Lipinski definition) is 5. The number of nitriles is 2. The van der Waals surface area contributed by atoms with E-state index in [0.717, 1.165) is 0 Å². The fourth-order valence-corrected chi connectivity index (χ4v) is 1.75. The Kier molecular flexibility index (Phi) is 4.25. The van der Waals surface area contributed by atoms with Gasteiger partial charge in [0.25, 0.3) is 5.91 Å². The van der Waals surface area contributed by atoms with E-state index in [4.69, 9.17) is 16.3 Å². The summed E-state index contributed by atoms with van der Waals surface area (Å²) in [5, 5.41) is 20.5. The molecule has 0 saturated carbocycles. The smallest absolute Gasteiger partial charge is 0.255 e. The third kappa shape index (κ3) is 3.21. The van der Waals surface area contributed by atoms with Crippen LogP contribution >= 0.6 is 0 Å². The summed E-state index contributed by atoms with van der Waals surface area (Å²) in [6, 6.07) is 11.5. The number of pyridine rings is 1. The molecule has 0 atom stereocenters. The number of carbonyl (C=O) groups excluding carboxylic acids is 1. The Labute approximate surface area is 121 Å². The van der Waals surface area contributed by atoms with Crippen LogP contribution in [0, 0.1) is 22.7 Å². The zero-order valence-corrected chi connectivity index (χ0v) is 11.0. The lowest BCUT2D eigenvalue weighted by molar-refractivity contribution is 0.102. The maximum absolute atomic E-state index is 12.1. The molecule has 2 aromatic rings. The second kappa shape index (κ2) is 6.29. The van der Waals surface area contributed by atoms with Crippen molar-refractivity contribution in [2.75, 3.05) is 5.32 Å². The summed E-state index contributed by atoms with van der Waals surface area (Å²) in [5.74, 6) is -0.333. The molecule has 6 nitrogen and oxygen atoms in total. The zero-order valence-electron chi connectivity index (χ0n) is 11.0. The Morgan fingerprint density at radius 3 is 2.62 bits per heavy atom. The highest BCUT2D eigenvalue weighted by Gasteiger charge is 2.09. The third-order valence-corrected chi connectivity index (χ3v) is 2.81. The van der Waals surface area contributed by atoms with E-state index in [2.05, 4.69) is 10.3 Å². The first-order chi connectivity index (χ1) is 10.2. The van der Waals surface area contributed by atoms with Crippen molar-refractivity contribution in [3.63, 3.8) is 0 Å². The maximum Gasteiger partial charge on any atom is 0.255 e.